The van der Waals surface area contributed by atoms with Crippen LogP contribution in [0.1, 0.15) is 38.2 Å². The van der Waals surface area contributed by atoms with E-state index in [4.69, 9.17) is 5.73 Å². The van der Waals surface area contributed by atoms with Crippen molar-refractivity contribution in [2.45, 2.75) is 45.1 Å². The molecule has 3 heteroatoms. The van der Waals surface area contributed by atoms with Crippen LogP contribution in [0.4, 0.5) is 11.5 Å². The number of hydrogen-bond acceptors (Lipinski definition) is 3. The van der Waals surface area contributed by atoms with Crippen LogP contribution in [0.15, 0.2) is 12.3 Å². The van der Waals surface area contributed by atoms with Gasteiger partial charge >= 0.3 is 0 Å². The average molecular weight is 205 g/mol. The first-order chi connectivity index (χ1) is 7.09. The maximum atomic E-state index is 5.74. The minimum atomic E-state index is 0.232. The Morgan fingerprint density at radius 1 is 1.40 bits per heavy atom. The van der Waals surface area contributed by atoms with Crippen LogP contribution < -0.4 is 11.1 Å². The summed E-state index contributed by atoms with van der Waals surface area (Å²) in [6.07, 6.45) is 6.83. The molecule has 1 heterocycles. The van der Waals surface area contributed by atoms with E-state index in [0.29, 0.717) is 0 Å². The number of nitrogens with one attached hydrogen (secondary N) is 1. The Hall–Kier alpha value is -1.25. The van der Waals surface area contributed by atoms with E-state index in [0.717, 1.165) is 17.1 Å². The van der Waals surface area contributed by atoms with E-state index >= 15 is 0 Å². The van der Waals surface area contributed by atoms with E-state index < -0.39 is 0 Å². The molecule has 1 aromatic rings. The lowest BCUT2D eigenvalue weighted by Gasteiger charge is -2.26. The van der Waals surface area contributed by atoms with Crippen LogP contribution in [0.25, 0.3) is 0 Å². The van der Waals surface area contributed by atoms with Gasteiger partial charge in [-0.05, 0) is 38.3 Å². The van der Waals surface area contributed by atoms with Gasteiger partial charge in [0.15, 0.2) is 0 Å². The quantitative estimate of drug-likeness (QED) is 0.780. The van der Waals surface area contributed by atoms with Crippen molar-refractivity contribution in [2.24, 2.45) is 0 Å². The van der Waals surface area contributed by atoms with Gasteiger partial charge in [0.25, 0.3) is 0 Å². The molecule has 0 unspecified atom stereocenters. The lowest BCUT2D eigenvalue weighted by atomic mass is 10.0. The molecule has 1 aromatic heterocycles. The third kappa shape index (κ3) is 2.22. The van der Waals surface area contributed by atoms with Gasteiger partial charge in [0.1, 0.15) is 5.82 Å². The summed E-state index contributed by atoms with van der Waals surface area (Å²) in [6.45, 7) is 4.28. The molecule has 2 rings (SSSR count). The predicted molar refractivity (Wildman–Crippen MR) is 63.9 cm³/mol. The van der Waals surface area contributed by atoms with Crippen molar-refractivity contribution >= 4 is 11.5 Å². The monoisotopic (exact) mass is 205 g/mol. The highest BCUT2D eigenvalue weighted by Gasteiger charge is 2.28. The first-order valence-corrected chi connectivity index (χ1v) is 5.59. The smallest absolute Gasteiger partial charge is 0.126 e. The van der Waals surface area contributed by atoms with Crippen molar-refractivity contribution in [3.05, 3.63) is 17.8 Å². The van der Waals surface area contributed by atoms with Crippen molar-refractivity contribution in [1.82, 2.24) is 4.98 Å². The first kappa shape index (κ1) is 10.3. The van der Waals surface area contributed by atoms with E-state index in [1.54, 1.807) is 6.20 Å². The third-order valence-electron chi connectivity index (χ3n) is 3.29. The predicted octanol–water partition coefficient (Wildman–Crippen LogP) is 2.72. The van der Waals surface area contributed by atoms with E-state index in [9.17, 15) is 0 Å². The van der Waals surface area contributed by atoms with Gasteiger partial charge in [-0.3, -0.25) is 0 Å². The highest BCUT2D eigenvalue weighted by atomic mass is 15.1. The van der Waals surface area contributed by atoms with E-state index in [-0.39, 0.29) is 5.54 Å². The zero-order valence-electron chi connectivity index (χ0n) is 9.51. The molecule has 0 amide bonds. The lowest BCUT2D eigenvalue weighted by molar-refractivity contribution is 0.531. The molecule has 0 spiro atoms. The average Bonchev–Trinajstić information content (AvgIpc) is 2.59. The van der Waals surface area contributed by atoms with Crippen LogP contribution in [0, 0.1) is 6.92 Å². The first-order valence-electron chi connectivity index (χ1n) is 5.59. The van der Waals surface area contributed by atoms with Gasteiger partial charge in [0.2, 0.25) is 0 Å². The molecule has 1 aliphatic carbocycles. The maximum absolute atomic E-state index is 5.74. The Morgan fingerprint density at radius 3 is 2.67 bits per heavy atom. The molecule has 15 heavy (non-hydrogen) atoms. The van der Waals surface area contributed by atoms with Gasteiger partial charge < -0.3 is 11.1 Å². The number of aryl methyl sites for hydroxylation is 1. The van der Waals surface area contributed by atoms with E-state index in [1.807, 2.05) is 13.0 Å². The van der Waals surface area contributed by atoms with Crippen molar-refractivity contribution in [3.63, 3.8) is 0 Å². The van der Waals surface area contributed by atoms with E-state index in [2.05, 4.69) is 17.2 Å². The second kappa shape index (κ2) is 3.72. The second-order valence-electron chi connectivity index (χ2n) is 4.82. The molecule has 0 bridgehead atoms. The fourth-order valence-electron chi connectivity index (χ4n) is 2.22. The Morgan fingerprint density at radius 2 is 2.07 bits per heavy atom. The summed E-state index contributed by atoms with van der Waals surface area (Å²) < 4.78 is 0. The summed E-state index contributed by atoms with van der Waals surface area (Å²) in [5.74, 6) is 0.950. The van der Waals surface area contributed by atoms with Crippen molar-refractivity contribution < 1.29 is 0 Å². The number of pyridine rings is 1. The molecule has 1 fully saturated rings. The second-order valence-corrected chi connectivity index (χ2v) is 4.82. The molecule has 3 nitrogen and oxygen atoms in total. The summed E-state index contributed by atoms with van der Waals surface area (Å²) in [5.41, 5.74) is 7.82. The molecule has 82 valence electrons. The number of aromatic nitrogens is 1. The van der Waals surface area contributed by atoms with Crippen LogP contribution in [0.2, 0.25) is 0 Å². The van der Waals surface area contributed by atoms with Crippen molar-refractivity contribution in [3.8, 4) is 0 Å². The maximum Gasteiger partial charge on any atom is 0.126 e. The van der Waals surface area contributed by atoms with Gasteiger partial charge in [-0.25, -0.2) is 4.98 Å². The fraction of sp³-hybridized carbons (Fsp3) is 0.583. The van der Waals surface area contributed by atoms with Gasteiger partial charge in [0.05, 0.1) is 11.9 Å². The Kier molecular flexibility index (Phi) is 2.55. The van der Waals surface area contributed by atoms with Crippen LogP contribution in [0.3, 0.4) is 0 Å². The van der Waals surface area contributed by atoms with Gasteiger partial charge in [-0.1, -0.05) is 12.8 Å². The van der Waals surface area contributed by atoms with Crippen molar-refractivity contribution in [1.29, 1.82) is 0 Å². The summed E-state index contributed by atoms with van der Waals surface area (Å²) >= 11 is 0. The lowest BCUT2D eigenvalue weighted by Crippen LogP contribution is -2.31. The highest BCUT2D eigenvalue weighted by Crippen LogP contribution is 2.32. The molecular weight excluding hydrogens is 186 g/mol. The molecule has 0 radical (unpaired) electrons. The van der Waals surface area contributed by atoms with Crippen LogP contribution in [-0.4, -0.2) is 10.5 Å². The normalized spacial score (nSPS) is 19.1. The molecule has 0 aromatic carbocycles. The Balaban J connectivity index is 2.13. The van der Waals surface area contributed by atoms with Crippen LogP contribution in [0.5, 0.6) is 0 Å². The zero-order chi connectivity index (χ0) is 10.9. The Labute approximate surface area is 91.1 Å². The number of nitrogen functional groups attached to an aromatic ring is 1. The summed E-state index contributed by atoms with van der Waals surface area (Å²) in [7, 11) is 0. The molecule has 0 saturated heterocycles. The molecule has 0 aliphatic heterocycles. The topological polar surface area (TPSA) is 50.9 Å². The number of rotatable bonds is 2. The fourth-order valence-corrected chi connectivity index (χ4v) is 2.22. The minimum absolute atomic E-state index is 0.232. The number of nitrogens with zero attached hydrogens (tertiary/aromatic N) is 1. The minimum Gasteiger partial charge on any atom is -0.397 e. The SMILES string of the molecule is Cc1cc(NC2(C)CCCC2)ncc1N. The Bertz CT molecular complexity index is 354. The number of anilines is 2. The summed E-state index contributed by atoms with van der Waals surface area (Å²) in [6, 6.07) is 2.03. The van der Waals surface area contributed by atoms with Crippen LogP contribution >= 0.6 is 0 Å². The molecule has 1 aliphatic rings. The summed E-state index contributed by atoms with van der Waals surface area (Å²) in [4.78, 5) is 4.31. The van der Waals surface area contributed by atoms with Crippen molar-refractivity contribution in [2.75, 3.05) is 11.1 Å². The standard InChI is InChI=1S/C12H19N3/c1-9-7-11(14-8-10(9)13)15-12(2)5-3-4-6-12/h7-8H,3-6,13H2,1-2H3,(H,14,15). The van der Waals surface area contributed by atoms with Crippen LogP contribution in [-0.2, 0) is 0 Å². The van der Waals surface area contributed by atoms with E-state index in [1.165, 1.54) is 25.7 Å². The number of hydrogen-bond donors (Lipinski definition) is 2. The molecule has 0 atom stereocenters. The molecule has 3 N–H and O–H groups in total. The third-order valence-corrected chi connectivity index (χ3v) is 3.29. The molecular formula is C12H19N3. The molecule has 1 saturated carbocycles. The zero-order valence-corrected chi connectivity index (χ0v) is 9.51. The van der Waals surface area contributed by atoms with Gasteiger partial charge in [-0.15, -0.1) is 0 Å². The largest absolute Gasteiger partial charge is 0.397 e. The van der Waals surface area contributed by atoms with Gasteiger partial charge in [0, 0.05) is 5.54 Å². The van der Waals surface area contributed by atoms with Gasteiger partial charge in [-0.2, -0.15) is 0 Å². The summed E-state index contributed by atoms with van der Waals surface area (Å²) in [5, 5.41) is 3.52. The number of nitrogens with two attached hydrogens (primary N) is 1. The highest BCUT2D eigenvalue weighted by molar-refractivity contribution is 5.51.